The first-order chi connectivity index (χ1) is 12.7. The molecule has 0 aliphatic carbocycles. The lowest BCUT2D eigenvalue weighted by Gasteiger charge is -2.31. The quantitative estimate of drug-likeness (QED) is 0.730. The van der Waals surface area contributed by atoms with Gasteiger partial charge in [0, 0.05) is 31.3 Å². The summed E-state index contributed by atoms with van der Waals surface area (Å²) in [6.45, 7) is 4.45. The SMILES string of the molecule is Cc1ccccc1CSCCCNC(=O)N1CCC(c2ncn[nH]2)CC1. The van der Waals surface area contributed by atoms with E-state index in [-0.39, 0.29) is 6.03 Å². The maximum absolute atomic E-state index is 12.3. The molecule has 2 aromatic rings. The van der Waals surface area contributed by atoms with E-state index in [4.69, 9.17) is 0 Å². The smallest absolute Gasteiger partial charge is 0.317 e. The van der Waals surface area contributed by atoms with E-state index in [9.17, 15) is 4.79 Å². The number of urea groups is 1. The summed E-state index contributed by atoms with van der Waals surface area (Å²) in [6.07, 6.45) is 4.42. The topological polar surface area (TPSA) is 73.9 Å². The number of carbonyl (C=O) groups excluding carboxylic acids is 1. The van der Waals surface area contributed by atoms with Crippen molar-refractivity contribution in [2.45, 2.75) is 37.9 Å². The van der Waals surface area contributed by atoms with E-state index in [0.717, 1.165) is 56.2 Å². The van der Waals surface area contributed by atoms with Crippen LogP contribution in [0.2, 0.25) is 0 Å². The number of aromatic amines is 1. The van der Waals surface area contributed by atoms with Gasteiger partial charge in [0.25, 0.3) is 0 Å². The molecular weight excluding hydrogens is 346 g/mol. The van der Waals surface area contributed by atoms with Crippen molar-refractivity contribution < 1.29 is 4.79 Å². The number of aryl methyl sites for hydroxylation is 1. The van der Waals surface area contributed by atoms with Crippen molar-refractivity contribution in [3.8, 4) is 0 Å². The van der Waals surface area contributed by atoms with Crippen molar-refractivity contribution in [3.05, 3.63) is 47.5 Å². The van der Waals surface area contributed by atoms with Crippen LogP contribution in [0.5, 0.6) is 0 Å². The minimum absolute atomic E-state index is 0.0601. The monoisotopic (exact) mass is 373 g/mol. The molecule has 1 fully saturated rings. The average molecular weight is 374 g/mol. The molecule has 0 bridgehead atoms. The van der Waals surface area contributed by atoms with Crippen LogP contribution in [0.3, 0.4) is 0 Å². The van der Waals surface area contributed by atoms with Crippen molar-refractivity contribution in [2.75, 3.05) is 25.4 Å². The van der Waals surface area contributed by atoms with E-state index in [0.29, 0.717) is 5.92 Å². The predicted octanol–water partition coefficient (Wildman–Crippen LogP) is 3.33. The van der Waals surface area contributed by atoms with Gasteiger partial charge in [0.05, 0.1) is 0 Å². The second-order valence-corrected chi connectivity index (χ2v) is 7.80. The van der Waals surface area contributed by atoms with E-state index in [1.165, 1.54) is 11.1 Å². The number of nitrogens with zero attached hydrogens (tertiary/aromatic N) is 3. The van der Waals surface area contributed by atoms with Crippen molar-refractivity contribution in [1.29, 1.82) is 0 Å². The number of H-pyrrole nitrogens is 1. The van der Waals surface area contributed by atoms with Gasteiger partial charge in [0.2, 0.25) is 0 Å². The predicted molar refractivity (Wildman–Crippen MR) is 105 cm³/mol. The number of amides is 2. The van der Waals surface area contributed by atoms with Crippen molar-refractivity contribution >= 4 is 17.8 Å². The molecule has 2 N–H and O–H groups in total. The molecule has 3 rings (SSSR count). The van der Waals surface area contributed by atoms with Crippen LogP contribution >= 0.6 is 11.8 Å². The fraction of sp³-hybridized carbons (Fsp3) is 0.526. The standard InChI is InChI=1S/C19H27N5OS/c1-15-5-2-3-6-17(15)13-26-12-4-9-20-19(25)24-10-7-16(8-11-24)18-21-14-22-23-18/h2-3,5-6,14,16H,4,7-13H2,1H3,(H,20,25)(H,21,22,23). The van der Waals surface area contributed by atoms with Crippen LogP contribution in [0.1, 0.15) is 42.1 Å². The van der Waals surface area contributed by atoms with Gasteiger partial charge < -0.3 is 10.2 Å². The molecule has 0 unspecified atom stereocenters. The van der Waals surface area contributed by atoms with Crippen molar-refractivity contribution in [3.63, 3.8) is 0 Å². The number of carbonyl (C=O) groups is 1. The molecule has 1 aromatic heterocycles. The van der Waals surface area contributed by atoms with Crippen LogP contribution in [0.4, 0.5) is 4.79 Å². The molecule has 140 valence electrons. The zero-order valence-corrected chi connectivity index (χ0v) is 16.1. The summed E-state index contributed by atoms with van der Waals surface area (Å²) in [5.41, 5.74) is 2.75. The van der Waals surface area contributed by atoms with Gasteiger partial charge in [-0.05, 0) is 43.1 Å². The van der Waals surface area contributed by atoms with Crippen LogP contribution in [0.15, 0.2) is 30.6 Å². The number of thioether (sulfide) groups is 1. The molecule has 7 heteroatoms. The Morgan fingerprint density at radius 1 is 1.35 bits per heavy atom. The first-order valence-corrected chi connectivity index (χ1v) is 10.4. The lowest BCUT2D eigenvalue weighted by atomic mass is 9.96. The molecule has 0 saturated carbocycles. The zero-order chi connectivity index (χ0) is 18.2. The normalized spacial score (nSPS) is 15.2. The highest BCUT2D eigenvalue weighted by Gasteiger charge is 2.25. The fourth-order valence-electron chi connectivity index (χ4n) is 3.20. The largest absolute Gasteiger partial charge is 0.338 e. The lowest BCUT2D eigenvalue weighted by molar-refractivity contribution is 0.180. The van der Waals surface area contributed by atoms with E-state index in [2.05, 4.69) is 51.7 Å². The van der Waals surface area contributed by atoms with E-state index < -0.39 is 0 Å². The van der Waals surface area contributed by atoms with Crippen LogP contribution in [0, 0.1) is 6.92 Å². The Hall–Kier alpha value is -2.02. The number of hydrogen-bond donors (Lipinski definition) is 2. The van der Waals surface area contributed by atoms with Gasteiger partial charge in [-0.25, -0.2) is 9.78 Å². The first-order valence-electron chi connectivity index (χ1n) is 9.24. The number of rotatable bonds is 7. The highest BCUT2D eigenvalue weighted by Crippen LogP contribution is 2.24. The summed E-state index contributed by atoms with van der Waals surface area (Å²) in [7, 11) is 0. The molecule has 0 radical (unpaired) electrons. The van der Waals surface area contributed by atoms with Gasteiger partial charge in [-0.15, -0.1) is 0 Å². The Bertz CT molecular complexity index is 683. The molecule has 2 heterocycles. The van der Waals surface area contributed by atoms with Crippen LogP contribution in [-0.2, 0) is 5.75 Å². The Balaban J connectivity index is 1.27. The molecule has 1 saturated heterocycles. The first kappa shape index (κ1) is 18.8. The fourth-order valence-corrected chi connectivity index (χ4v) is 4.24. The number of nitrogens with one attached hydrogen (secondary N) is 2. The van der Waals surface area contributed by atoms with E-state index in [1.54, 1.807) is 6.33 Å². The number of aromatic nitrogens is 3. The van der Waals surface area contributed by atoms with Gasteiger partial charge in [0.15, 0.2) is 0 Å². The molecule has 1 aliphatic heterocycles. The van der Waals surface area contributed by atoms with E-state index >= 15 is 0 Å². The number of benzene rings is 1. The van der Waals surface area contributed by atoms with Gasteiger partial charge in [-0.1, -0.05) is 24.3 Å². The van der Waals surface area contributed by atoms with Gasteiger partial charge in [-0.3, -0.25) is 5.10 Å². The minimum atomic E-state index is 0.0601. The second-order valence-electron chi connectivity index (χ2n) is 6.70. The Morgan fingerprint density at radius 2 is 2.15 bits per heavy atom. The van der Waals surface area contributed by atoms with Gasteiger partial charge in [-0.2, -0.15) is 16.9 Å². The molecule has 2 amide bonds. The second kappa shape index (κ2) is 9.62. The Kier molecular flexibility index (Phi) is 6.94. The molecule has 26 heavy (non-hydrogen) atoms. The van der Waals surface area contributed by atoms with Gasteiger partial charge >= 0.3 is 6.03 Å². The molecule has 1 aromatic carbocycles. The highest BCUT2D eigenvalue weighted by atomic mass is 32.2. The third-order valence-electron chi connectivity index (χ3n) is 4.86. The summed E-state index contributed by atoms with van der Waals surface area (Å²) in [5.74, 6) is 3.42. The van der Waals surface area contributed by atoms with Crippen molar-refractivity contribution in [2.24, 2.45) is 0 Å². The van der Waals surface area contributed by atoms with Crippen molar-refractivity contribution in [1.82, 2.24) is 25.4 Å². The van der Waals surface area contributed by atoms with Crippen LogP contribution in [0.25, 0.3) is 0 Å². The summed E-state index contributed by atoms with van der Waals surface area (Å²) in [5, 5.41) is 9.90. The maximum atomic E-state index is 12.3. The summed E-state index contributed by atoms with van der Waals surface area (Å²) in [4.78, 5) is 18.4. The zero-order valence-electron chi connectivity index (χ0n) is 15.3. The average Bonchev–Trinajstić information content (AvgIpc) is 3.20. The summed E-state index contributed by atoms with van der Waals surface area (Å²) in [6, 6.07) is 8.57. The van der Waals surface area contributed by atoms with Crippen LogP contribution < -0.4 is 5.32 Å². The molecule has 0 spiro atoms. The molecule has 1 aliphatic rings. The van der Waals surface area contributed by atoms with Crippen LogP contribution in [-0.4, -0.2) is 51.5 Å². The third-order valence-corrected chi connectivity index (χ3v) is 5.96. The number of hydrogen-bond acceptors (Lipinski definition) is 4. The summed E-state index contributed by atoms with van der Waals surface area (Å²) >= 11 is 1.93. The lowest BCUT2D eigenvalue weighted by Crippen LogP contribution is -2.44. The number of piperidine rings is 1. The highest BCUT2D eigenvalue weighted by molar-refractivity contribution is 7.98. The summed E-state index contributed by atoms with van der Waals surface area (Å²) < 4.78 is 0. The van der Waals surface area contributed by atoms with Gasteiger partial charge in [0.1, 0.15) is 12.2 Å². The third kappa shape index (κ3) is 5.24. The Labute approximate surface area is 159 Å². The van der Waals surface area contributed by atoms with E-state index in [1.807, 2.05) is 16.7 Å². The Morgan fingerprint density at radius 3 is 2.88 bits per heavy atom. The number of likely N-dealkylation sites (tertiary alicyclic amines) is 1. The molecule has 6 nitrogen and oxygen atoms in total. The molecule has 0 atom stereocenters. The minimum Gasteiger partial charge on any atom is -0.338 e. The molecular formula is C19H27N5OS. The maximum Gasteiger partial charge on any atom is 0.317 e.